The molecule has 0 aromatic heterocycles. The molecule has 166 valence electrons. The summed E-state index contributed by atoms with van der Waals surface area (Å²) in [4.78, 5) is 24.6. The van der Waals surface area contributed by atoms with Crippen LogP contribution < -0.4 is 0 Å². The first-order chi connectivity index (χ1) is 14.8. The number of ketones is 1. The molecule has 0 saturated carbocycles. The number of carbonyl (C=O) groups excluding carboxylic acids is 2. The fourth-order valence-corrected chi connectivity index (χ4v) is 5.29. The number of ether oxygens (including phenoxy) is 1. The lowest BCUT2D eigenvalue weighted by Crippen LogP contribution is -2.30. The Labute approximate surface area is 184 Å². The topological polar surface area (TPSA) is 80.8 Å². The van der Waals surface area contributed by atoms with E-state index in [1.165, 1.54) is 15.4 Å². The van der Waals surface area contributed by atoms with E-state index in [1.807, 2.05) is 12.1 Å². The van der Waals surface area contributed by atoms with Gasteiger partial charge in [-0.05, 0) is 60.6 Å². The zero-order chi connectivity index (χ0) is 22.4. The van der Waals surface area contributed by atoms with Crippen molar-refractivity contribution in [2.45, 2.75) is 50.8 Å². The molecule has 6 nitrogen and oxygen atoms in total. The number of Topliss-reactive ketones (excluding diaryl/α,β-unsaturated/α-hetero) is 1. The van der Waals surface area contributed by atoms with Crippen LogP contribution in [-0.2, 0) is 38.8 Å². The van der Waals surface area contributed by atoms with E-state index in [-0.39, 0.29) is 23.7 Å². The van der Waals surface area contributed by atoms with Crippen molar-refractivity contribution in [1.82, 2.24) is 4.31 Å². The Hall–Kier alpha value is -2.51. The summed E-state index contributed by atoms with van der Waals surface area (Å²) in [6, 6.07) is 12.2. The summed E-state index contributed by atoms with van der Waals surface area (Å²) in [5, 5.41) is 0. The Balaban J connectivity index is 1.49. The van der Waals surface area contributed by atoms with Crippen LogP contribution >= 0.6 is 0 Å². The van der Waals surface area contributed by atoms with Gasteiger partial charge in [0, 0.05) is 25.1 Å². The molecule has 0 atom stereocenters. The molecule has 0 radical (unpaired) electrons. The average Bonchev–Trinajstić information content (AvgIpc) is 3.25. The molecule has 0 fully saturated rings. The van der Waals surface area contributed by atoms with Gasteiger partial charge in [-0.2, -0.15) is 4.31 Å². The van der Waals surface area contributed by atoms with E-state index in [2.05, 4.69) is 0 Å². The number of fused-ring (bicyclic) bond motifs is 1. The Bertz CT molecular complexity index is 1040. The summed E-state index contributed by atoms with van der Waals surface area (Å²) < 4.78 is 31.6. The second-order valence-corrected chi connectivity index (χ2v) is 9.59. The first-order valence-electron chi connectivity index (χ1n) is 10.7. The molecule has 31 heavy (non-hydrogen) atoms. The Morgan fingerprint density at radius 1 is 0.968 bits per heavy atom. The van der Waals surface area contributed by atoms with Crippen molar-refractivity contribution in [1.29, 1.82) is 0 Å². The minimum atomic E-state index is -3.49. The molecule has 7 heteroatoms. The smallest absolute Gasteiger partial charge is 0.306 e. The van der Waals surface area contributed by atoms with E-state index in [1.54, 1.807) is 44.2 Å². The molecule has 3 rings (SSSR count). The maximum atomic E-state index is 12.5. The van der Waals surface area contributed by atoms with Gasteiger partial charge in [-0.25, -0.2) is 8.42 Å². The van der Waals surface area contributed by atoms with Crippen molar-refractivity contribution >= 4 is 21.8 Å². The van der Waals surface area contributed by atoms with Crippen molar-refractivity contribution in [2.24, 2.45) is 0 Å². The Morgan fingerprint density at radius 3 is 2.32 bits per heavy atom. The summed E-state index contributed by atoms with van der Waals surface area (Å²) in [7, 11) is -3.49. The number of hydrogen-bond donors (Lipinski definition) is 0. The van der Waals surface area contributed by atoms with Gasteiger partial charge in [-0.3, -0.25) is 9.59 Å². The molecule has 0 heterocycles. The second-order valence-electron chi connectivity index (χ2n) is 7.65. The highest BCUT2D eigenvalue weighted by Crippen LogP contribution is 2.23. The number of hydrogen-bond acceptors (Lipinski definition) is 5. The van der Waals surface area contributed by atoms with E-state index in [4.69, 9.17) is 4.74 Å². The number of esters is 1. The number of nitrogens with zero attached hydrogens (tertiary/aromatic N) is 1. The van der Waals surface area contributed by atoms with Crippen LogP contribution in [0.4, 0.5) is 0 Å². The fraction of sp³-hybridized carbons (Fsp3) is 0.417. The number of sulfonamides is 1. The third-order valence-corrected chi connectivity index (χ3v) is 7.73. The number of aryl methyl sites for hydroxylation is 3. The van der Waals surface area contributed by atoms with E-state index in [9.17, 15) is 18.0 Å². The lowest BCUT2D eigenvalue weighted by atomic mass is 10.0. The van der Waals surface area contributed by atoms with Gasteiger partial charge in [-0.15, -0.1) is 0 Å². The van der Waals surface area contributed by atoms with E-state index in [0.29, 0.717) is 25.1 Å². The van der Waals surface area contributed by atoms with Crippen molar-refractivity contribution in [2.75, 3.05) is 19.7 Å². The van der Waals surface area contributed by atoms with Crippen LogP contribution in [0.1, 0.15) is 53.7 Å². The third kappa shape index (κ3) is 5.60. The van der Waals surface area contributed by atoms with Crippen molar-refractivity contribution in [3.05, 3.63) is 64.7 Å². The Morgan fingerprint density at radius 2 is 1.65 bits per heavy atom. The van der Waals surface area contributed by atoms with E-state index in [0.717, 1.165) is 24.8 Å². The summed E-state index contributed by atoms with van der Waals surface area (Å²) in [5.41, 5.74) is 3.92. The number of carbonyl (C=O) groups is 2. The molecule has 0 aliphatic heterocycles. The predicted octanol–water partition coefficient (Wildman–Crippen LogP) is 3.56. The maximum Gasteiger partial charge on any atom is 0.306 e. The second kappa shape index (κ2) is 10.2. The number of benzene rings is 2. The average molecular weight is 444 g/mol. The molecule has 0 bridgehead atoms. The van der Waals surface area contributed by atoms with Crippen molar-refractivity contribution in [3.8, 4) is 0 Å². The van der Waals surface area contributed by atoms with Crippen LogP contribution in [0, 0.1) is 0 Å². The minimum absolute atomic E-state index is 0.125. The van der Waals surface area contributed by atoms with Gasteiger partial charge in [0.15, 0.2) is 12.4 Å². The predicted molar refractivity (Wildman–Crippen MR) is 119 cm³/mol. The zero-order valence-electron chi connectivity index (χ0n) is 18.1. The van der Waals surface area contributed by atoms with E-state index < -0.39 is 16.0 Å². The van der Waals surface area contributed by atoms with Crippen LogP contribution in [0.5, 0.6) is 0 Å². The summed E-state index contributed by atoms with van der Waals surface area (Å²) >= 11 is 0. The van der Waals surface area contributed by atoms with Crippen LogP contribution in [0.25, 0.3) is 0 Å². The lowest BCUT2D eigenvalue weighted by Gasteiger charge is -2.18. The van der Waals surface area contributed by atoms with Crippen molar-refractivity contribution in [3.63, 3.8) is 0 Å². The van der Waals surface area contributed by atoms with Gasteiger partial charge in [-0.1, -0.05) is 38.1 Å². The normalized spacial score (nSPS) is 13.3. The quantitative estimate of drug-likeness (QED) is 0.414. The third-order valence-electron chi connectivity index (χ3n) is 5.67. The molecule has 1 aliphatic rings. The molecule has 0 amide bonds. The summed E-state index contributed by atoms with van der Waals surface area (Å²) in [6.45, 7) is 4.16. The monoisotopic (exact) mass is 443 g/mol. The zero-order valence-corrected chi connectivity index (χ0v) is 18.9. The van der Waals surface area contributed by atoms with Crippen LogP contribution in [-0.4, -0.2) is 44.2 Å². The highest BCUT2D eigenvalue weighted by Gasteiger charge is 2.21. The molecule has 0 unspecified atom stereocenters. The summed E-state index contributed by atoms with van der Waals surface area (Å²) in [5.74, 6) is -0.650. The maximum absolute atomic E-state index is 12.5. The molecule has 0 N–H and O–H groups in total. The van der Waals surface area contributed by atoms with Gasteiger partial charge < -0.3 is 4.74 Å². The first-order valence-corrected chi connectivity index (χ1v) is 12.2. The standard InChI is InChI=1S/C24H29NO5S/c1-3-25(4-2)31(28,29)22-13-8-18(9-14-22)10-15-24(27)30-17-23(26)21-12-11-19-6-5-7-20(19)16-21/h8-9,11-14,16H,3-7,10,15,17H2,1-2H3. The van der Waals surface area contributed by atoms with Gasteiger partial charge in [0.2, 0.25) is 10.0 Å². The highest BCUT2D eigenvalue weighted by molar-refractivity contribution is 7.89. The van der Waals surface area contributed by atoms with E-state index >= 15 is 0 Å². The number of rotatable bonds is 10. The van der Waals surface area contributed by atoms with Crippen molar-refractivity contribution < 1.29 is 22.7 Å². The highest BCUT2D eigenvalue weighted by atomic mass is 32.2. The molecule has 0 saturated heterocycles. The Kier molecular flexibility index (Phi) is 7.62. The fourth-order valence-electron chi connectivity index (χ4n) is 3.83. The molecule has 0 spiro atoms. The SMILES string of the molecule is CCN(CC)S(=O)(=O)c1ccc(CCC(=O)OCC(=O)c2ccc3c(c2)CCC3)cc1. The van der Waals surface area contributed by atoms with Crippen LogP contribution in [0.3, 0.4) is 0 Å². The molecule has 1 aliphatic carbocycles. The van der Waals surface area contributed by atoms with Gasteiger partial charge in [0.25, 0.3) is 0 Å². The van der Waals surface area contributed by atoms with Gasteiger partial charge in [0.05, 0.1) is 4.90 Å². The molecular weight excluding hydrogens is 414 g/mol. The molecule has 2 aromatic rings. The lowest BCUT2D eigenvalue weighted by molar-refractivity contribution is -0.142. The minimum Gasteiger partial charge on any atom is -0.457 e. The summed E-state index contributed by atoms with van der Waals surface area (Å²) in [6.07, 6.45) is 3.70. The van der Waals surface area contributed by atoms with Gasteiger partial charge in [0.1, 0.15) is 0 Å². The van der Waals surface area contributed by atoms with Crippen LogP contribution in [0.2, 0.25) is 0 Å². The first kappa shape index (κ1) is 23.2. The largest absolute Gasteiger partial charge is 0.457 e. The van der Waals surface area contributed by atoms with Gasteiger partial charge >= 0.3 is 5.97 Å². The van der Waals surface area contributed by atoms with Crippen LogP contribution in [0.15, 0.2) is 47.4 Å². The molecule has 2 aromatic carbocycles. The molecular formula is C24H29NO5S.